The van der Waals surface area contributed by atoms with Crippen LogP contribution in [0.4, 0.5) is 5.82 Å². The number of hydrogen-bond donors (Lipinski definition) is 1. The molecule has 3 rings (SSSR count). The van der Waals surface area contributed by atoms with Crippen molar-refractivity contribution < 1.29 is 4.79 Å². The molecule has 1 aromatic heterocycles. The van der Waals surface area contributed by atoms with E-state index in [1.807, 2.05) is 54.3 Å². The minimum absolute atomic E-state index is 0.0920. The van der Waals surface area contributed by atoms with Gasteiger partial charge in [0.05, 0.1) is 6.04 Å². The lowest BCUT2D eigenvalue weighted by Gasteiger charge is -2.26. The van der Waals surface area contributed by atoms with Gasteiger partial charge in [0.1, 0.15) is 5.82 Å². The van der Waals surface area contributed by atoms with Crippen molar-refractivity contribution in [2.24, 2.45) is 0 Å². The lowest BCUT2D eigenvalue weighted by molar-refractivity contribution is 0.0735. The molecule has 2 heterocycles. The van der Waals surface area contributed by atoms with Crippen LogP contribution in [-0.4, -0.2) is 22.3 Å². The summed E-state index contributed by atoms with van der Waals surface area (Å²) in [5, 5.41) is 0. The Kier molecular flexibility index (Phi) is 3.60. The zero-order chi connectivity index (χ0) is 14.8. The summed E-state index contributed by atoms with van der Waals surface area (Å²) in [5.41, 5.74) is 8.47. The Labute approximate surface area is 124 Å². The molecule has 1 saturated heterocycles. The van der Waals surface area contributed by atoms with Gasteiger partial charge < -0.3 is 10.6 Å². The maximum Gasteiger partial charge on any atom is 0.254 e. The molecule has 1 aliphatic heterocycles. The summed E-state index contributed by atoms with van der Waals surface area (Å²) in [6.45, 7) is 2.75. The molecule has 4 heteroatoms. The average Bonchev–Trinajstić information content (AvgIpc) is 2.96. The van der Waals surface area contributed by atoms with Gasteiger partial charge in [0.15, 0.2) is 0 Å². The third kappa shape index (κ3) is 2.61. The van der Waals surface area contributed by atoms with Gasteiger partial charge in [-0.25, -0.2) is 4.98 Å². The Hall–Kier alpha value is -2.36. The first-order valence-corrected chi connectivity index (χ1v) is 7.26. The summed E-state index contributed by atoms with van der Waals surface area (Å²) in [4.78, 5) is 19.0. The number of nitrogens with two attached hydrogens (primary N) is 1. The van der Waals surface area contributed by atoms with Crippen LogP contribution in [0, 0.1) is 6.92 Å². The second kappa shape index (κ2) is 5.56. The van der Waals surface area contributed by atoms with Gasteiger partial charge in [0.25, 0.3) is 5.91 Å². The van der Waals surface area contributed by atoms with E-state index in [-0.39, 0.29) is 11.9 Å². The molecule has 1 aliphatic rings. The fraction of sp³-hybridized carbons (Fsp3) is 0.294. The molecule has 1 atom stereocenters. The molecule has 0 aliphatic carbocycles. The summed E-state index contributed by atoms with van der Waals surface area (Å²) < 4.78 is 0. The van der Waals surface area contributed by atoms with Crippen molar-refractivity contribution in [1.82, 2.24) is 9.88 Å². The zero-order valence-electron chi connectivity index (χ0n) is 12.1. The predicted octanol–water partition coefficient (Wildman–Crippen LogP) is 2.95. The number of amides is 1. The molecule has 2 N–H and O–H groups in total. The fourth-order valence-electron chi connectivity index (χ4n) is 3.02. The van der Waals surface area contributed by atoms with Crippen LogP contribution in [0.1, 0.15) is 40.5 Å². The van der Waals surface area contributed by atoms with E-state index < -0.39 is 0 Å². The highest BCUT2D eigenvalue weighted by Crippen LogP contribution is 2.34. The summed E-state index contributed by atoms with van der Waals surface area (Å²) in [6, 6.07) is 13.4. The predicted molar refractivity (Wildman–Crippen MR) is 82.8 cm³/mol. The second-order valence-corrected chi connectivity index (χ2v) is 5.43. The quantitative estimate of drug-likeness (QED) is 0.920. The molecular formula is C17H19N3O. The number of likely N-dealkylation sites (tertiary alicyclic amines) is 1. The number of rotatable bonds is 2. The van der Waals surface area contributed by atoms with Gasteiger partial charge in [0, 0.05) is 17.8 Å². The highest BCUT2D eigenvalue weighted by Gasteiger charge is 2.31. The van der Waals surface area contributed by atoms with E-state index >= 15 is 0 Å². The van der Waals surface area contributed by atoms with Crippen molar-refractivity contribution in [3.05, 3.63) is 59.3 Å². The standard InChI is InChI=1S/C17H19N3O/c1-12-14(9-10-16(18)19-12)15-8-5-11-20(15)17(21)13-6-3-2-4-7-13/h2-4,6-7,9-10,15H,5,8,11H2,1H3,(H2,18,19). The molecule has 0 bridgehead atoms. The van der Waals surface area contributed by atoms with E-state index in [0.29, 0.717) is 5.82 Å². The third-order valence-electron chi connectivity index (χ3n) is 4.04. The third-order valence-corrected chi connectivity index (χ3v) is 4.04. The van der Waals surface area contributed by atoms with E-state index in [4.69, 9.17) is 5.73 Å². The normalized spacial score (nSPS) is 18.0. The van der Waals surface area contributed by atoms with Crippen LogP contribution in [-0.2, 0) is 0 Å². The van der Waals surface area contributed by atoms with Crippen molar-refractivity contribution in [3.8, 4) is 0 Å². The van der Waals surface area contributed by atoms with Crippen LogP contribution in [0.2, 0.25) is 0 Å². The zero-order valence-corrected chi connectivity index (χ0v) is 12.1. The number of carbonyl (C=O) groups excluding carboxylic acids is 1. The monoisotopic (exact) mass is 281 g/mol. The van der Waals surface area contributed by atoms with Crippen molar-refractivity contribution >= 4 is 11.7 Å². The Balaban J connectivity index is 1.91. The maximum absolute atomic E-state index is 12.7. The first kappa shape index (κ1) is 13.6. The molecule has 1 unspecified atom stereocenters. The summed E-state index contributed by atoms with van der Waals surface area (Å²) in [6.07, 6.45) is 2.00. The molecule has 0 spiro atoms. The molecular weight excluding hydrogens is 262 g/mol. The number of benzene rings is 1. The lowest BCUT2D eigenvalue weighted by Crippen LogP contribution is -2.31. The summed E-state index contributed by atoms with van der Waals surface area (Å²) in [5.74, 6) is 0.615. The Morgan fingerprint density at radius 1 is 1.24 bits per heavy atom. The molecule has 108 valence electrons. The van der Waals surface area contributed by atoms with E-state index in [2.05, 4.69) is 4.98 Å². The molecule has 1 fully saturated rings. The van der Waals surface area contributed by atoms with Crippen molar-refractivity contribution in [1.29, 1.82) is 0 Å². The van der Waals surface area contributed by atoms with Gasteiger partial charge in [0.2, 0.25) is 0 Å². The fourth-order valence-corrected chi connectivity index (χ4v) is 3.02. The summed E-state index contributed by atoms with van der Waals surface area (Å²) in [7, 11) is 0. The molecule has 0 saturated carbocycles. The van der Waals surface area contributed by atoms with Crippen LogP contribution in [0.5, 0.6) is 0 Å². The SMILES string of the molecule is Cc1nc(N)ccc1C1CCCN1C(=O)c1ccccc1. The van der Waals surface area contributed by atoms with Crippen molar-refractivity contribution in [2.75, 3.05) is 12.3 Å². The number of aromatic nitrogens is 1. The van der Waals surface area contributed by atoms with E-state index in [1.54, 1.807) is 0 Å². The first-order valence-electron chi connectivity index (χ1n) is 7.26. The first-order chi connectivity index (χ1) is 10.2. The topological polar surface area (TPSA) is 59.2 Å². The number of carbonyl (C=O) groups is 1. The molecule has 21 heavy (non-hydrogen) atoms. The Morgan fingerprint density at radius 3 is 2.71 bits per heavy atom. The second-order valence-electron chi connectivity index (χ2n) is 5.43. The molecule has 1 amide bonds. The largest absolute Gasteiger partial charge is 0.384 e. The highest BCUT2D eigenvalue weighted by atomic mass is 16.2. The van der Waals surface area contributed by atoms with Gasteiger partial charge in [-0.2, -0.15) is 0 Å². The number of nitrogens with zero attached hydrogens (tertiary/aromatic N) is 2. The van der Waals surface area contributed by atoms with E-state index in [9.17, 15) is 4.79 Å². The summed E-state index contributed by atoms with van der Waals surface area (Å²) >= 11 is 0. The number of aryl methyl sites for hydroxylation is 1. The lowest BCUT2D eigenvalue weighted by atomic mass is 10.0. The average molecular weight is 281 g/mol. The molecule has 2 aromatic rings. The van der Waals surface area contributed by atoms with Gasteiger partial charge >= 0.3 is 0 Å². The van der Waals surface area contributed by atoms with Gasteiger partial charge in [-0.1, -0.05) is 24.3 Å². The van der Waals surface area contributed by atoms with Gasteiger partial charge in [-0.3, -0.25) is 4.79 Å². The van der Waals surface area contributed by atoms with E-state index in [0.717, 1.165) is 36.2 Å². The Bertz CT molecular complexity index is 654. The van der Waals surface area contributed by atoms with E-state index in [1.165, 1.54) is 0 Å². The smallest absolute Gasteiger partial charge is 0.254 e. The van der Waals surface area contributed by atoms with Gasteiger partial charge in [-0.15, -0.1) is 0 Å². The number of nitrogen functional groups attached to an aromatic ring is 1. The maximum atomic E-state index is 12.7. The van der Waals surface area contributed by atoms with Crippen LogP contribution in [0.15, 0.2) is 42.5 Å². The number of anilines is 1. The number of hydrogen-bond acceptors (Lipinski definition) is 3. The van der Waals surface area contributed by atoms with Crippen LogP contribution < -0.4 is 5.73 Å². The van der Waals surface area contributed by atoms with Crippen molar-refractivity contribution in [2.45, 2.75) is 25.8 Å². The van der Waals surface area contributed by atoms with Gasteiger partial charge in [-0.05, 0) is 43.5 Å². The highest BCUT2D eigenvalue weighted by molar-refractivity contribution is 5.94. The molecule has 0 radical (unpaired) electrons. The Morgan fingerprint density at radius 2 is 2.00 bits per heavy atom. The minimum Gasteiger partial charge on any atom is -0.384 e. The molecule has 1 aromatic carbocycles. The van der Waals surface area contributed by atoms with Crippen LogP contribution in [0.25, 0.3) is 0 Å². The minimum atomic E-state index is 0.0920. The van der Waals surface area contributed by atoms with Crippen LogP contribution in [0.3, 0.4) is 0 Å². The molecule has 4 nitrogen and oxygen atoms in total. The number of pyridine rings is 1. The van der Waals surface area contributed by atoms with Crippen LogP contribution >= 0.6 is 0 Å². The van der Waals surface area contributed by atoms with Crippen molar-refractivity contribution in [3.63, 3.8) is 0 Å².